The maximum absolute atomic E-state index is 13.6. The zero-order valence-corrected chi connectivity index (χ0v) is 17.4. The molecule has 1 unspecified atom stereocenters. The van der Waals surface area contributed by atoms with Crippen LogP contribution in [-0.4, -0.2) is 58.9 Å². The molecule has 3 fully saturated rings. The zero-order chi connectivity index (χ0) is 19.8. The summed E-state index contributed by atoms with van der Waals surface area (Å²) in [6.07, 6.45) is 9.57. The maximum atomic E-state index is 13.6. The van der Waals surface area contributed by atoms with Gasteiger partial charge in [-0.05, 0) is 68.9 Å². The number of hydrogen-bond acceptors (Lipinski definition) is 2. The molecular formula is C24H33N3O2. The molecule has 1 aromatic carbocycles. The molecule has 0 radical (unpaired) electrons. The van der Waals surface area contributed by atoms with Crippen molar-refractivity contribution in [1.82, 2.24) is 14.7 Å². The number of nitrogens with zero attached hydrogens (tertiary/aromatic N) is 3. The van der Waals surface area contributed by atoms with Crippen LogP contribution >= 0.6 is 0 Å². The average Bonchev–Trinajstić information content (AvgIpc) is 3.45. The molecule has 0 spiro atoms. The highest BCUT2D eigenvalue weighted by Gasteiger charge is 2.42. The van der Waals surface area contributed by atoms with Gasteiger partial charge in [0.15, 0.2) is 0 Å². The molecule has 1 aromatic rings. The molecule has 4 aliphatic rings. The van der Waals surface area contributed by atoms with E-state index in [1.165, 1.54) is 17.5 Å². The Labute approximate surface area is 174 Å². The second-order valence-electron chi connectivity index (χ2n) is 9.32. The van der Waals surface area contributed by atoms with E-state index in [1.54, 1.807) is 0 Å². The Morgan fingerprint density at radius 3 is 2.24 bits per heavy atom. The number of rotatable bonds is 3. The van der Waals surface area contributed by atoms with Gasteiger partial charge in [0.25, 0.3) is 0 Å². The minimum Gasteiger partial charge on any atom is -0.332 e. The monoisotopic (exact) mass is 395 g/mol. The number of likely N-dealkylation sites (tertiary alicyclic amines) is 2. The molecule has 29 heavy (non-hydrogen) atoms. The Balaban J connectivity index is 1.27. The SMILES string of the molecule is O=C(N1CCCC1)N1CCC(C(=O)N(C2CC2)C2CCCc3ccccc32)CC1. The van der Waals surface area contributed by atoms with Crippen molar-refractivity contribution in [2.75, 3.05) is 26.2 Å². The van der Waals surface area contributed by atoms with Crippen LogP contribution < -0.4 is 0 Å². The summed E-state index contributed by atoms with van der Waals surface area (Å²) in [4.78, 5) is 32.5. The van der Waals surface area contributed by atoms with Crippen molar-refractivity contribution >= 4 is 11.9 Å². The van der Waals surface area contributed by atoms with Gasteiger partial charge in [0.2, 0.25) is 5.91 Å². The number of urea groups is 1. The van der Waals surface area contributed by atoms with Crippen LogP contribution in [0.4, 0.5) is 4.79 Å². The Kier molecular flexibility index (Phi) is 5.23. The summed E-state index contributed by atoms with van der Waals surface area (Å²) in [5.74, 6) is 0.426. The fourth-order valence-corrected chi connectivity index (χ4v) is 5.59. The lowest BCUT2D eigenvalue weighted by molar-refractivity contribution is -0.140. The van der Waals surface area contributed by atoms with Gasteiger partial charge in [0.05, 0.1) is 6.04 Å². The minimum absolute atomic E-state index is 0.0762. The van der Waals surface area contributed by atoms with Gasteiger partial charge in [-0.1, -0.05) is 24.3 Å². The number of benzene rings is 1. The van der Waals surface area contributed by atoms with Crippen molar-refractivity contribution in [2.45, 2.75) is 69.9 Å². The summed E-state index contributed by atoms with van der Waals surface area (Å²) in [5, 5.41) is 0. The fraction of sp³-hybridized carbons (Fsp3) is 0.667. The summed E-state index contributed by atoms with van der Waals surface area (Å²) in [7, 11) is 0. The smallest absolute Gasteiger partial charge is 0.319 e. The molecule has 2 heterocycles. The van der Waals surface area contributed by atoms with Crippen molar-refractivity contribution in [3.05, 3.63) is 35.4 Å². The van der Waals surface area contributed by atoms with Gasteiger partial charge in [-0.3, -0.25) is 4.79 Å². The van der Waals surface area contributed by atoms with E-state index in [0.29, 0.717) is 11.9 Å². The summed E-state index contributed by atoms with van der Waals surface area (Å²) < 4.78 is 0. The van der Waals surface area contributed by atoms with Gasteiger partial charge in [-0.25, -0.2) is 4.79 Å². The predicted molar refractivity (Wildman–Crippen MR) is 112 cm³/mol. The fourth-order valence-electron chi connectivity index (χ4n) is 5.59. The maximum Gasteiger partial charge on any atom is 0.319 e. The lowest BCUT2D eigenvalue weighted by atomic mass is 9.85. The first-order valence-electron chi connectivity index (χ1n) is 11.7. The van der Waals surface area contributed by atoms with E-state index in [-0.39, 0.29) is 18.0 Å². The van der Waals surface area contributed by atoms with Crippen LogP contribution in [0.2, 0.25) is 0 Å². The van der Waals surface area contributed by atoms with E-state index in [9.17, 15) is 9.59 Å². The van der Waals surface area contributed by atoms with Crippen molar-refractivity contribution in [3.63, 3.8) is 0 Å². The van der Waals surface area contributed by atoms with E-state index in [4.69, 9.17) is 0 Å². The average molecular weight is 396 g/mol. The number of amides is 3. The van der Waals surface area contributed by atoms with E-state index < -0.39 is 0 Å². The predicted octanol–water partition coefficient (Wildman–Crippen LogP) is 3.98. The van der Waals surface area contributed by atoms with Crippen LogP contribution in [-0.2, 0) is 11.2 Å². The van der Waals surface area contributed by atoms with Crippen molar-refractivity contribution < 1.29 is 9.59 Å². The molecule has 2 aliphatic heterocycles. The normalized spacial score (nSPS) is 25.0. The molecule has 0 aromatic heterocycles. The zero-order valence-electron chi connectivity index (χ0n) is 17.4. The second-order valence-corrected chi connectivity index (χ2v) is 9.32. The molecule has 5 heteroatoms. The molecule has 0 N–H and O–H groups in total. The molecule has 1 atom stereocenters. The largest absolute Gasteiger partial charge is 0.332 e. The molecule has 2 saturated heterocycles. The first-order valence-corrected chi connectivity index (χ1v) is 11.7. The van der Waals surface area contributed by atoms with Gasteiger partial charge >= 0.3 is 6.03 Å². The van der Waals surface area contributed by atoms with E-state index >= 15 is 0 Å². The van der Waals surface area contributed by atoms with Crippen LogP contribution in [0, 0.1) is 5.92 Å². The van der Waals surface area contributed by atoms with Crippen LogP contribution in [0.1, 0.15) is 68.5 Å². The minimum atomic E-state index is 0.0762. The summed E-state index contributed by atoms with van der Waals surface area (Å²) in [5.41, 5.74) is 2.80. The quantitative estimate of drug-likeness (QED) is 0.777. The third-order valence-corrected chi connectivity index (χ3v) is 7.36. The summed E-state index contributed by atoms with van der Waals surface area (Å²) in [6, 6.07) is 9.59. The lowest BCUT2D eigenvalue weighted by Crippen LogP contribution is -2.49. The summed E-state index contributed by atoms with van der Waals surface area (Å²) in [6.45, 7) is 3.25. The van der Waals surface area contributed by atoms with E-state index in [0.717, 1.165) is 77.5 Å². The number of fused-ring (bicyclic) bond motifs is 1. The molecule has 5 rings (SSSR count). The Hall–Kier alpha value is -2.04. The van der Waals surface area contributed by atoms with E-state index in [1.807, 2.05) is 9.80 Å². The van der Waals surface area contributed by atoms with Crippen LogP contribution in [0.5, 0.6) is 0 Å². The number of hydrogen-bond donors (Lipinski definition) is 0. The molecule has 5 nitrogen and oxygen atoms in total. The Morgan fingerprint density at radius 2 is 1.52 bits per heavy atom. The van der Waals surface area contributed by atoms with Gasteiger partial charge in [-0.15, -0.1) is 0 Å². The Morgan fingerprint density at radius 1 is 0.828 bits per heavy atom. The number of piperidine rings is 1. The van der Waals surface area contributed by atoms with Gasteiger partial charge in [0.1, 0.15) is 0 Å². The first-order chi connectivity index (χ1) is 14.2. The molecule has 156 valence electrons. The van der Waals surface area contributed by atoms with Gasteiger partial charge in [-0.2, -0.15) is 0 Å². The molecule has 1 saturated carbocycles. The molecule has 0 bridgehead atoms. The molecule has 3 amide bonds. The van der Waals surface area contributed by atoms with Gasteiger partial charge < -0.3 is 14.7 Å². The van der Waals surface area contributed by atoms with Crippen LogP contribution in [0.25, 0.3) is 0 Å². The van der Waals surface area contributed by atoms with E-state index in [2.05, 4.69) is 29.2 Å². The van der Waals surface area contributed by atoms with Crippen LogP contribution in [0.3, 0.4) is 0 Å². The number of carbonyl (C=O) groups excluding carboxylic acids is 2. The first kappa shape index (κ1) is 19.0. The van der Waals surface area contributed by atoms with Crippen molar-refractivity contribution in [3.8, 4) is 0 Å². The third kappa shape index (κ3) is 3.76. The highest BCUT2D eigenvalue weighted by Crippen LogP contribution is 2.42. The van der Waals surface area contributed by atoms with Crippen LogP contribution in [0.15, 0.2) is 24.3 Å². The highest BCUT2D eigenvalue weighted by molar-refractivity contribution is 5.81. The topological polar surface area (TPSA) is 43.9 Å². The Bertz CT molecular complexity index is 761. The van der Waals surface area contributed by atoms with Crippen molar-refractivity contribution in [1.29, 1.82) is 0 Å². The lowest BCUT2D eigenvalue weighted by Gasteiger charge is -2.40. The molecular weight excluding hydrogens is 362 g/mol. The third-order valence-electron chi connectivity index (χ3n) is 7.36. The summed E-state index contributed by atoms with van der Waals surface area (Å²) >= 11 is 0. The molecule has 2 aliphatic carbocycles. The number of carbonyl (C=O) groups is 2. The number of aryl methyl sites for hydroxylation is 1. The standard InChI is InChI=1S/C24H33N3O2/c28-23(19-12-16-26(17-13-19)24(29)25-14-3-4-15-25)27(20-10-11-20)22-9-5-7-18-6-1-2-8-21(18)22/h1-2,6,8,19-20,22H,3-5,7,9-17H2. The van der Waals surface area contributed by atoms with Gasteiger partial charge in [0, 0.05) is 38.1 Å². The van der Waals surface area contributed by atoms with Crippen molar-refractivity contribution in [2.24, 2.45) is 5.92 Å². The second kappa shape index (κ2) is 8.00. The highest BCUT2D eigenvalue weighted by atomic mass is 16.2.